The lowest BCUT2D eigenvalue weighted by molar-refractivity contribution is 0.0695. The van der Waals surface area contributed by atoms with Crippen LogP contribution in [-0.2, 0) is 26.8 Å². The molecule has 5 aromatic rings. The van der Waals surface area contributed by atoms with Crippen molar-refractivity contribution in [2.24, 2.45) is 0 Å². The van der Waals surface area contributed by atoms with Gasteiger partial charge in [0, 0.05) is 72.2 Å². The molecule has 0 unspecified atom stereocenters. The maximum Gasteiger partial charge on any atom is 0.336 e. The van der Waals surface area contributed by atoms with E-state index < -0.39 is 54.7 Å². The number of hydrogen-bond acceptors (Lipinski definition) is 12. The number of benzene rings is 4. The minimum Gasteiger partial charge on any atom is -0.478 e. The standard InChI is InChI=1S/C44H41N7O10S2/c1-43(2)18-27(21-62(55,56)57)30-14-33-37(16-35(30)50(43)5)61-38-17-36-31(28(22-63(58,59)60)19-44(3,4)51(36)6)15-34(38)39(33)32-13-26(11-12-29(32)42(53)54)41(52)45-20-24-7-9-25(10-8-24)40-48-46-23-47-49-40/h7-19,23H,20-22H2,1-6H3,(H3-,45,52,53,54,55,56,57,58,59,60)/p+1. The molecule has 4 N–H and O–H groups in total. The number of likely N-dealkylation sites (N-methyl/N-ethyl adjacent to an activating group) is 2. The maximum absolute atomic E-state index is 13.9. The number of amides is 1. The molecule has 0 fully saturated rings. The average Bonchev–Trinajstić information content (AvgIpc) is 3.21. The van der Waals surface area contributed by atoms with Crippen LogP contribution in [0.2, 0.25) is 0 Å². The third kappa shape index (κ3) is 8.34. The number of rotatable bonds is 10. The summed E-state index contributed by atoms with van der Waals surface area (Å²) in [6.07, 6.45) is 4.69. The molecule has 63 heavy (non-hydrogen) atoms. The number of nitrogens with zero attached hydrogens (tertiary/aromatic N) is 6. The van der Waals surface area contributed by atoms with Gasteiger partial charge in [-0.2, -0.15) is 16.8 Å². The lowest BCUT2D eigenvalue weighted by Crippen LogP contribution is -2.47. The number of nitrogens with one attached hydrogen (secondary N) is 1. The summed E-state index contributed by atoms with van der Waals surface area (Å²) in [5.74, 6) is -2.38. The quantitative estimate of drug-likeness (QED) is 0.113. The number of aromatic carboxylic acids is 1. The maximum atomic E-state index is 13.9. The van der Waals surface area contributed by atoms with Crippen molar-refractivity contribution in [3.05, 3.63) is 135 Å². The molecule has 3 aliphatic heterocycles. The number of carboxylic acid groups (broad SMARTS) is 1. The second-order valence-corrected chi connectivity index (χ2v) is 19.6. The monoisotopic (exact) mass is 892 g/mol. The highest BCUT2D eigenvalue weighted by atomic mass is 32.2. The molecule has 0 atom stereocenters. The Morgan fingerprint density at radius 2 is 1.44 bits per heavy atom. The van der Waals surface area contributed by atoms with Crippen molar-refractivity contribution in [2.45, 2.75) is 45.3 Å². The van der Waals surface area contributed by atoms with Crippen molar-refractivity contribution in [1.82, 2.24) is 30.3 Å². The molecule has 17 nitrogen and oxygen atoms in total. The highest BCUT2D eigenvalue weighted by molar-refractivity contribution is 7.86. The van der Waals surface area contributed by atoms with E-state index in [0.29, 0.717) is 55.5 Å². The first-order valence-electron chi connectivity index (χ1n) is 19.5. The molecule has 0 saturated carbocycles. The Balaban J connectivity index is 1.35. The summed E-state index contributed by atoms with van der Waals surface area (Å²) in [5.41, 5.74) is 2.63. The van der Waals surface area contributed by atoms with Gasteiger partial charge in [0.05, 0.1) is 22.7 Å². The van der Waals surface area contributed by atoms with E-state index in [1.54, 1.807) is 60.7 Å². The van der Waals surface area contributed by atoms with Crippen LogP contribution in [0.25, 0.3) is 28.1 Å². The molecular weight excluding hydrogens is 851 g/mol. The zero-order valence-corrected chi connectivity index (χ0v) is 36.5. The van der Waals surface area contributed by atoms with Crippen LogP contribution in [0.15, 0.2) is 85.2 Å². The fourth-order valence-electron chi connectivity index (χ4n) is 8.23. The van der Waals surface area contributed by atoms with Crippen molar-refractivity contribution in [1.29, 1.82) is 0 Å². The third-order valence-corrected chi connectivity index (χ3v) is 13.0. The van der Waals surface area contributed by atoms with Gasteiger partial charge in [-0.3, -0.25) is 13.9 Å². The van der Waals surface area contributed by atoms with Gasteiger partial charge in [-0.05, 0) is 72.5 Å². The van der Waals surface area contributed by atoms with Gasteiger partial charge in [0.15, 0.2) is 11.9 Å². The fraction of sp³-hybridized carbons (Fsp3) is 0.250. The number of fused-ring (bicyclic) bond motifs is 4. The van der Waals surface area contributed by atoms with Crippen molar-refractivity contribution in [2.75, 3.05) is 30.5 Å². The van der Waals surface area contributed by atoms with E-state index in [1.807, 2.05) is 51.3 Å². The minimum absolute atomic E-state index is 0.102. The zero-order valence-electron chi connectivity index (χ0n) is 34.9. The Labute approximate surface area is 362 Å². The van der Waals surface area contributed by atoms with Gasteiger partial charge in [-0.15, -0.1) is 20.4 Å². The molecule has 4 aromatic carbocycles. The van der Waals surface area contributed by atoms with Gasteiger partial charge in [0.1, 0.15) is 30.1 Å². The predicted molar refractivity (Wildman–Crippen MR) is 234 cm³/mol. The molecule has 19 heteroatoms. The van der Waals surface area contributed by atoms with Crippen LogP contribution in [-0.4, -0.2) is 100.0 Å². The Morgan fingerprint density at radius 1 is 0.794 bits per heavy atom. The van der Waals surface area contributed by atoms with Crippen LogP contribution >= 0.6 is 0 Å². The Bertz CT molecular complexity index is 3220. The molecule has 3 aliphatic rings. The molecule has 1 amide bonds. The lowest BCUT2D eigenvalue weighted by atomic mass is 9.83. The number of ether oxygens (including phenoxy) is 1. The van der Waals surface area contributed by atoms with Gasteiger partial charge in [0.25, 0.3) is 26.1 Å². The highest BCUT2D eigenvalue weighted by Crippen LogP contribution is 2.47. The van der Waals surface area contributed by atoms with E-state index in [2.05, 4.69) is 25.7 Å². The van der Waals surface area contributed by atoms with Crippen LogP contribution in [0.3, 0.4) is 0 Å². The summed E-state index contributed by atoms with van der Waals surface area (Å²) in [4.78, 5) is 29.0. The molecule has 0 radical (unpaired) electrons. The van der Waals surface area contributed by atoms with Gasteiger partial charge in [-0.25, -0.2) is 9.37 Å². The summed E-state index contributed by atoms with van der Waals surface area (Å²) in [5, 5.41) is 29.9. The van der Waals surface area contributed by atoms with Gasteiger partial charge in [0.2, 0.25) is 11.2 Å². The topological polar surface area (TPSA) is 242 Å². The van der Waals surface area contributed by atoms with Crippen LogP contribution < -0.4 is 30.1 Å². The van der Waals surface area contributed by atoms with E-state index >= 15 is 0 Å². The summed E-state index contributed by atoms with van der Waals surface area (Å²) in [6, 6.07) is 18.1. The van der Waals surface area contributed by atoms with Crippen molar-refractivity contribution < 1.29 is 45.4 Å². The Hall–Kier alpha value is -6.67. The van der Waals surface area contributed by atoms with E-state index in [1.165, 1.54) is 24.5 Å². The molecule has 0 saturated heterocycles. The van der Waals surface area contributed by atoms with E-state index in [0.717, 1.165) is 5.56 Å². The molecule has 0 bridgehead atoms. The second kappa shape index (κ2) is 15.3. The van der Waals surface area contributed by atoms with Crippen LogP contribution in [0, 0.1) is 0 Å². The van der Waals surface area contributed by atoms with E-state index in [-0.39, 0.29) is 40.3 Å². The molecular formula is C44H42N7O10S2+. The van der Waals surface area contributed by atoms with Gasteiger partial charge < -0.3 is 20.1 Å². The highest BCUT2D eigenvalue weighted by Gasteiger charge is 2.37. The SMILES string of the molecule is CN1c2cc3c(cc2C(CS(=O)(=O)O)=CC1(C)C)C(c1cc(C(=O)NCc2ccc(-c4nncnn4)cc2)ccc1C(=O)O)=c1cc2c(cc1O3)=[N+](C)C(C)(C)C=C2CS(=O)(=O)O. The molecule has 324 valence electrons. The normalized spacial score (nSPS) is 16.1. The van der Waals surface area contributed by atoms with Crippen molar-refractivity contribution >= 4 is 54.5 Å². The number of carbonyl (C=O) groups is 2. The molecule has 4 heterocycles. The number of carboxylic acids is 1. The zero-order chi connectivity index (χ0) is 45.4. The average molecular weight is 893 g/mol. The summed E-state index contributed by atoms with van der Waals surface area (Å²) in [7, 11) is -5.40. The predicted octanol–water partition coefficient (Wildman–Crippen LogP) is 3.60. The minimum atomic E-state index is -4.53. The summed E-state index contributed by atoms with van der Waals surface area (Å²) < 4.78 is 78.4. The first kappa shape index (κ1) is 43.0. The first-order valence-corrected chi connectivity index (χ1v) is 22.7. The van der Waals surface area contributed by atoms with Gasteiger partial charge >= 0.3 is 5.97 Å². The largest absolute Gasteiger partial charge is 0.478 e. The lowest BCUT2D eigenvalue weighted by Gasteiger charge is -2.41. The van der Waals surface area contributed by atoms with Crippen LogP contribution in [0.1, 0.15) is 76.2 Å². The molecule has 1 aromatic heterocycles. The van der Waals surface area contributed by atoms with Crippen molar-refractivity contribution in [3.63, 3.8) is 0 Å². The van der Waals surface area contributed by atoms with E-state index in [9.17, 15) is 40.6 Å². The summed E-state index contributed by atoms with van der Waals surface area (Å²) >= 11 is 0. The van der Waals surface area contributed by atoms with Crippen LogP contribution in [0.5, 0.6) is 11.5 Å². The smallest absolute Gasteiger partial charge is 0.336 e. The number of carbonyl (C=O) groups excluding carboxylic acids is 1. The third-order valence-electron chi connectivity index (χ3n) is 11.7. The number of anilines is 1. The fourth-order valence-corrected chi connectivity index (χ4v) is 9.49. The first-order chi connectivity index (χ1) is 29.5. The van der Waals surface area contributed by atoms with Crippen LogP contribution in [0.4, 0.5) is 5.69 Å². The molecule has 8 rings (SSSR count). The second-order valence-electron chi connectivity index (χ2n) is 16.7. The Morgan fingerprint density at radius 3 is 2.08 bits per heavy atom. The van der Waals surface area contributed by atoms with Gasteiger partial charge in [-0.1, -0.05) is 30.3 Å². The van der Waals surface area contributed by atoms with E-state index in [4.69, 9.17) is 4.74 Å². The molecule has 0 aliphatic carbocycles. The number of hydrogen-bond donors (Lipinski definition) is 4. The van der Waals surface area contributed by atoms with Crippen molar-refractivity contribution in [3.8, 4) is 22.9 Å². The molecule has 0 spiro atoms. The summed E-state index contributed by atoms with van der Waals surface area (Å²) in [6.45, 7) is 7.64. The number of aromatic nitrogens is 4. The Kier molecular flexibility index (Phi) is 10.4.